The van der Waals surface area contributed by atoms with Gasteiger partial charge in [0.15, 0.2) is 0 Å². The fourth-order valence-corrected chi connectivity index (χ4v) is 3.03. The molecule has 1 unspecified atom stereocenters. The van der Waals surface area contributed by atoms with E-state index >= 15 is 0 Å². The van der Waals surface area contributed by atoms with Crippen LogP contribution in [-0.2, 0) is 4.74 Å². The van der Waals surface area contributed by atoms with Crippen LogP contribution in [0.5, 0.6) is 0 Å². The maximum atomic E-state index is 10.4. The summed E-state index contributed by atoms with van der Waals surface area (Å²) in [6, 6.07) is 8.06. The van der Waals surface area contributed by atoms with Crippen LogP contribution >= 0.6 is 0 Å². The van der Waals surface area contributed by atoms with E-state index in [0.29, 0.717) is 24.0 Å². The van der Waals surface area contributed by atoms with Crippen LogP contribution in [-0.4, -0.2) is 33.6 Å². The normalized spacial score (nSPS) is 16.6. The molecule has 128 valence electrons. The van der Waals surface area contributed by atoms with Crippen molar-refractivity contribution in [3.05, 3.63) is 23.8 Å². The first kappa shape index (κ1) is 16.7. The number of aliphatic hydroxyl groups is 1. The van der Waals surface area contributed by atoms with Gasteiger partial charge >= 0.3 is 0 Å². The van der Waals surface area contributed by atoms with Gasteiger partial charge in [0.1, 0.15) is 6.23 Å². The quantitative estimate of drug-likeness (QED) is 0.796. The molecule has 0 radical (unpaired) electrons. The number of hydrogen-bond acceptors (Lipinski definition) is 5. The lowest BCUT2D eigenvalue weighted by Gasteiger charge is -2.31. The van der Waals surface area contributed by atoms with E-state index in [4.69, 9.17) is 10.00 Å². The lowest BCUT2D eigenvalue weighted by Crippen LogP contribution is -2.34. The Balaban J connectivity index is 1.93. The van der Waals surface area contributed by atoms with Crippen molar-refractivity contribution in [1.29, 1.82) is 5.26 Å². The molecule has 2 N–H and O–H groups in total. The largest absolute Gasteiger partial charge is 0.379 e. The number of imidazole rings is 1. The zero-order chi connectivity index (χ0) is 17.3. The molecule has 1 aromatic carbocycles. The van der Waals surface area contributed by atoms with Gasteiger partial charge in [0.25, 0.3) is 0 Å². The van der Waals surface area contributed by atoms with Crippen LogP contribution in [0.4, 0.5) is 5.95 Å². The van der Waals surface area contributed by atoms with Gasteiger partial charge < -0.3 is 19.7 Å². The van der Waals surface area contributed by atoms with E-state index in [0.717, 1.165) is 23.9 Å². The van der Waals surface area contributed by atoms with Crippen molar-refractivity contribution in [3.63, 3.8) is 0 Å². The van der Waals surface area contributed by atoms with E-state index in [1.807, 2.05) is 26.0 Å². The number of hydrogen-bond donors (Lipinski definition) is 2. The molecule has 1 fully saturated rings. The summed E-state index contributed by atoms with van der Waals surface area (Å²) in [4.78, 5) is 4.63. The molecular formula is C18H24N4O2. The predicted octanol–water partition coefficient (Wildman–Crippen LogP) is 3.18. The topological polar surface area (TPSA) is 83.1 Å². The second-order valence-corrected chi connectivity index (χ2v) is 7.03. The summed E-state index contributed by atoms with van der Waals surface area (Å²) >= 11 is 0. The maximum absolute atomic E-state index is 10.4. The monoisotopic (exact) mass is 328 g/mol. The fraction of sp³-hybridized carbons (Fsp3) is 0.556. The number of anilines is 1. The van der Waals surface area contributed by atoms with Crippen molar-refractivity contribution in [2.24, 2.45) is 0 Å². The van der Waals surface area contributed by atoms with E-state index < -0.39 is 11.8 Å². The Morgan fingerprint density at radius 1 is 1.50 bits per heavy atom. The molecule has 0 saturated heterocycles. The van der Waals surface area contributed by atoms with Gasteiger partial charge in [-0.05, 0) is 51.3 Å². The highest BCUT2D eigenvalue weighted by Gasteiger charge is 2.27. The standard InChI is InChI=1S/C18H24N4O2/c1-18(2,24-3)10-16(23)21-17-20-14-8-7-12(11-19)9-15(14)22(17)13-5-4-6-13/h7-9,13,16,23H,4-6,10H2,1-3H3,(H,20,21). The van der Waals surface area contributed by atoms with Crippen molar-refractivity contribution in [1.82, 2.24) is 9.55 Å². The second-order valence-electron chi connectivity index (χ2n) is 7.03. The molecule has 1 saturated carbocycles. The Kier molecular flexibility index (Phi) is 4.48. The van der Waals surface area contributed by atoms with Gasteiger partial charge in [-0.3, -0.25) is 0 Å². The van der Waals surface area contributed by atoms with E-state index in [1.54, 1.807) is 13.2 Å². The molecule has 24 heavy (non-hydrogen) atoms. The molecule has 1 atom stereocenters. The molecule has 0 amide bonds. The van der Waals surface area contributed by atoms with Gasteiger partial charge in [-0.25, -0.2) is 4.98 Å². The number of ether oxygens (including phenoxy) is 1. The number of nitrogens with zero attached hydrogens (tertiary/aromatic N) is 3. The molecule has 6 heteroatoms. The van der Waals surface area contributed by atoms with Crippen LogP contribution < -0.4 is 5.32 Å². The van der Waals surface area contributed by atoms with Crippen LogP contribution in [0.3, 0.4) is 0 Å². The molecular weight excluding hydrogens is 304 g/mol. The van der Waals surface area contributed by atoms with E-state index in [2.05, 4.69) is 20.9 Å². The Labute approximate surface area is 142 Å². The Bertz CT molecular complexity index is 771. The molecule has 0 bridgehead atoms. The van der Waals surface area contributed by atoms with Gasteiger partial charge in [0.2, 0.25) is 5.95 Å². The summed E-state index contributed by atoms with van der Waals surface area (Å²) < 4.78 is 7.51. The first-order valence-corrected chi connectivity index (χ1v) is 8.35. The average Bonchev–Trinajstić information content (AvgIpc) is 2.82. The molecule has 1 aliphatic rings. The third-order valence-corrected chi connectivity index (χ3v) is 4.79. The minimum Gasteiger partial charge on any atom is -0.379 e. The van der Waals surface area contributed by atoms with Gasteiger partial charge in [0, 0.05) is 19.6 Å². The highest BCUT2D eigenvalue weighted by Crippen LogP contribution is 2.37. The van der Waals surface area contributed by atoms with E-state index in [1.165, 1.54) is 6.42 Å². The number of aromatic nitrogens is 2. The number of rotatable bonds is 6. The van der Waals surface area contributed by atoms with Crippen LogP contribution in [0.1, 0.15) is 51.1 Å². The first-order valence-electron chi connectivity index (χ1n) is 8.35. The van der Waals surface area contributed by atoms with Crippen molar-refractivity contribution >= 4 is 17.0 Å². The van der Waals surface area contributed by atoms with Crippen LogP contribution in [0.15, 0.2) is 18.2 Å². The van der Waals surface area contributed by atoms with Crippen LogP contribution in [0.2, 0.25) is 0 Å². The fourth-order valence-electron chi connectivity index (χ4n) is 3.03. The lowest BCUT2D eigenvalue weighted by molar-refractivity contribution is -0.0134. The minimum atomic E-state index is -0.758. The van der Waals surface area contributed by atoms with Crippen LogP contribution in [0.25, 0.3) is 11.0 Å². The van der Waals surface area contributed by atoms with Crippen molar-refractivity contribution in [3.8, 4) is 6.07 Å². The molecule has 2 aromatic rings. The van der Waals surface area contributed by atoms with Crippen LogP contribution in [0, 0.1) is 11.3 Å². The van der Waals surface area contributed by atoms with E-state index in [-0.39, 0.29) is 0 Å². The number of aliphatic hydroxyl groups excluding tert-OH is 1. The Morgan fingerprint density at radius 3 is 2.83 bits per heavy atom. The number of methoxy groups -OCH3 is 1. The molecule has 6 nitrogen and oxygen atoms in total. The van der Waals surface area contributed by atoms with Crippen molar-refractivity contribution in [2.75, 3.05) is 12.4 Å². The third kappa shape index (κ3) is 3.23. The molecule has 0 aliphatic heterocycles. The number of benzene rings is 1. The molecule has 3 rings (SSSR count). The number of nitrogens with one attached hydrogen (secondary N) is 1. The van der Waals surface area contributed by atoms with Crippen molar-refractivity contribution in [2.45, 2.75) is 57.4 Å². The summed E-state index contributed by atoms with van der Waals surface area (Å²) in [6.07, 6.45) is 3.07. The Morgan fingerprint density at radius 2 is 2.25 bits per heavy atom. The smallest absolute Gasteiger partial charge is 0.206 e. The second kappa shape index (κ2) is 6.42. The summed E-state index contributed by atoms with van der Waals surface area (Å²) in [5.74, 6) is 0.657. The first-order chi connectivity index (χ1) is 11.4. The zero-order valence-corrected chi connectivity index (χ0v) is 14.4. The van der Waals surface area contributed by atoms with Crippen molar-refractivity contribution < 1.29 is 9.84 Å². The van der Waals surface area contributed by atoms with Gasteiger partial charge in [-0.15, -0.1) is 0 Å². The highest BCUT2D eigenvalue weighted by atomic mass is 16.5. The average molecular weight is 328 g/mol. The van der Waals surface area contributed by atoms with Gasteiger partial charge in [-0.1, -0.05) is 0 Å². The van der Waals surface area contributed by atoms with E-state index in [9.17, 15) is 5.11 Å². The van der Waals surface area contributed by atoms with Gasteiger partial charge in [-0.2, -0.15) is 5.26 Å². The maximum Gasteiger partial charge on any atom is 0.206 e. The van der Waals surface area contributed by atoms with Gasteiger partial charge in [0.05, 0.1) is 28.3 Å². The summed E-state index contributed by atoms with van der Waals surface area (Å²) in [7, 11) is 1.64. The Hall–Kier alpha value is -2.10. The highest BCUT2D eigenvalue weighted by molar-refractivity contribution is 5.80. The molecule has 1 heterocycles. The predicted molar refractivity (Wildman–Crippen MR) is 92.7 cm³/mol. The lowest BCUT2D eigenvalue weighted by atomic mass is 9.92. The molecule has 1 aliphatic carbocycles. The zero-order valence-electron chi connectivity index (χ0n) is 14.4. The number of fused-ring (bicyclic) bond motifs is 1. The third-order valence-electron chi connectivity index (χ3n) is 4.79. The minimum absolute atomic E-state index is 0.370. The summed E-state index contributed by atoms with van der Waals surface area (Å²) in [6.45, 7) is 3.87. The number of nitriles is 1. The molecule has 1 aromatic heterocycles. The SMILES string of the molecule is COC(C)(C)CC(O)Nc1nc2ccc(C#N)cc2n1C1CCC1. The summed E-state index contributed by atoms with van der Waals surface area (Å²) in [5, 5.41) is 22.7. The summed E-state index contributed by atoms with van der Waals surface area (Å²) in [5.41, 5.74) is 1.98. The molecule has 0 spiro atoms.